The molecule has 2 aromatic carbocycles. The normalized spacial score (nSPS) is 14.9. The van der Waals surface area contributed by atoms with Crippen molar-refractivity contribution >= 4 is 21.5 Å². The first-order valence-electron chi connectivity index (χ1n) is 10.7. The van der Waals surface area contributed by atoms with Crippen molar-refractivity contribution in [1.29, 1.82) is 0 Å². The van der Waals surface area contributed by atoms with Crippen LogP contribution in [0.4, 0.5) is 5.69 Å². The van der Waals surface area contributed by atoms with Crippen molar-refractivity contribution in [3.05, 3.63) is 48.0 Å². The molecule has 9 heteroatoms. The van der Waals surface area contributed by atoms with Crippen molar-refractivity contribution in [2.45, 2.75) is 24.2 Å². The zero-order valence-electron chi connectivity index (χ0n) is 18.6. The minimum Gasteiger partial charge on any atom is -0.495 e. The molecule has 1 aliphatic heterocycles. The number of hydrogen-bond donors (Lipinski definition) is 1. The number of benzene rings is 2. The van der Waals surface area contributed by atoms with E-state index in [1.165, 1.54) is 19.2 Å². The van der Waals surface area contributed by atoms with Crippen LogP contribution >= 0.6 is 0 Å². The number of anilines is 1. The summed E-state index contributed by atoms with van der Waals surface area (Å²) in [6.45, 7) is 4.71. The summed E-state index contributed by atoms with van der Waals surface area (Å²) < 4.78 is 34.0. The van der Waals surface area contributed by atoms with Crippen LogP contribution in [0.25, 0.3) is 0 Å². The van der Waals surface area contributed by atoms with Crippen molar-refractivity contribution in [3.63, 3.8) is 0 Å². The Morgan fingerprint density at radius 3 is 2.31 bits per heavy atom. The molecule has 1 aliphatic rings. The maximum Gasteiger partial charge on any atom is 0.241 e. The van der Waals surface area contributed by atoms with Crippen LogP contribution in [0.3, 0.4) is 0 Å². The Hall–Kier alpha value is -2.62. The van der Waals surface area contributed by atoms with Gasteiger partial charge in [0.25, 0.3) is 0 Å². The summed E-state index contributed by atoms with van der Waals surface area (Å²) in [7, 11) is -0.911. The molecule has 0 aliphatic carbocycles. The van der Waals surface area contributed by atoms with Crippen molar-refractivity contribution in [2.24, 2.45) is 5.14 Å². The van der Waals surface area contributed by atoms with E-state index in [9.17, 15) is 13.2 Å². The van der Waals surface area contributed by atoms with Gasteiger partial charge in [0.2, 0.25) is 10.0 Å². The Kier molecular flexibility index (Phi) is 8.11. The second-order valence-electron chi connectivity index (χ2n) is 7.79. The third-order valence-corrected chi connectivity index (χ3v) is 6.65. The van der Waals surface area contributed by atoms with Crippen molar-refractivity contribution in [1.82, 2.24) is 4.90 Å². The second-order valence-corrected chi connectivity index (χ2v) is 9.32. The van der Waals surface area contributed by atoms with Gasteiger partial charge in [-0.15, -0.1) is 0 Å². The Morgan fingerprint density at radius 2 is 1.66 bits per heavy atom. The second kappa shape index (κ2) is 10.8. The molecule has 0 saturated carbocycles. The summed E-state index contributed by atoms with van der Waals surface area (Å²) in [6, 6.07) is 12.4. The molecular formula is C23H31N3O5S. The Balaban J connectivity index is 1.45. The standard InChI is InChI=1S/C23H31N3O5S/c1-30-21-9-4-3-7-19(21)26-15-13-25(14-16-26)12-6-5-8-20(27)18-10-11-22(31-2)23(17-18)32(24,28)29/h3-4,7,9-11,17H,5-6,8,12-16H2,1-2H3,(H2,24,28,29). The monoisotopic (exact) mass is 461 g/mol. The number of nitrogens with zero attached hydrogens (tertiary/aromatic N) is 2. The highest BCUT2D eigenvalue weighted by Crippen LogP contribution is 2.28. The molecular weight excluding hydrogens is 430 g/mol. The number of hydrogen-bond acceptors (Lipinski definition) is 7. The minimum absolute atomic E-state index is 0.0986. The molecule has 1 heterocycles. The van der Waals surface area contributed by atoms with Crippen LogP contribution in [0.2, 0.25) is 0 Å². The van der Waals surface area contributed by atoms with Crippen LogP contribution in [0.1, 0.15) is 29.6 Å². The van der Waals surface area contributed by atoms with Gasteiger partial charge in [-0.3, -0.25) is 9.69 Å². The number of unbranched alkanes of at least 4 members (excludes halogenated alkanes) is 1. The van der Waals surface area contributed by atoms with Gasteiger partial charge in [0, 0.05) is 38.2 Å². The average molecular weight is 462 g/mol. The lowest BCUT2D eigenvalue weighted by molar-refractivity contribution is 0.0977. The number of nitrogens with two attached hydrogens (primary N) is 1. The maximum absolute atomic E-state index is 12.5. The van der Waals surface area contributed by atoms with Gasteiger partial charge in [-0.1, -0.05) is 12.1 Å². The van der Waals surface area contributed by atoms with Crippen LogP contribution in [-0.2, 0) is 10.0 Å². The number of carbonyl (C=O) groups is 1. The Morgan fingerprint density at radius 1 is 0.969 bits per heavy atom. The van der Waals surface area contributed by atoms with Gasteiger partial charge in [0.15, 0.2) is 5.78 Å². The zero-order chi connectivity index (χ0) is 23.1. The summed E-state index contributed by atoms with van der Waals surface area (Å²) in [5.41, 5.74) is 1.46. The van der Waals surface area contributed by atoms with Crippen LogP contribution in [0.5, 0.6) is 11.5 Å². The molecule has 0 atom stereocenters. The van der Waals surface area contributed by atoms with E-state index in [0.29, 0.717) is 12.0 Å². The predicted octanol–water partition coefficient (Wildman–Crippen LogP) is 2.53. The topological polar surface area (TPSA) is 102 Å². The van der Waals surface area contributed by atoms with Crippen LogP contribution in [0.15, 0.2) is 47.4 Å². The van der Waals surface area contributed by atoms with E-state index >= 15 is 0 Å². The number of para-hydroxylation sites is 2. The third kappa shape index (κ3) is 5.99. The summed E-state index contributed by atoms with van der Waals surface area (Å²) in [5.74, 6) is 0.929. The van der Waals surface area contributed by atoms with E-state index < -0.39 is 10.0 Å². The lowest BCUT2D eigenvalue weighted by Crippen LogP contribution is -2.46. The fraction of sp³-hybridized carbons (Fsp3) is 0.435. The number of primary sulfonamides is 1. The molecule has 1 saturated heterocycles. The van der Waals surface area contributed by atoms with Gasteiger partial charge in [0.1, 0.15) is 16.4 Å². The first kappa shape index (κ1) is 24.0. The molecule has 0 bridgehead atoms. The third-order valence-electron chi connectivity index (χ3n) is 5.72. The van der Waals surface area contributed by atoms with Crippen LogP contribution < -0.4 is 19.5 Å². The quantitative estimate of drug-likeness (QED) is 0.428. The predicted molar refractivity (Wildman–Crippen MR) is 124 cm³/mol. The highest BCUT2D eigenvalue weighted by atomic mass is 32.2. The van der Waals surface area contributed by atoms with E-state index in [-0.39, 0.29) is 16.4 Å². The molecule has 0 radical (unpaired) electrons. The van der Waals surface area contributed by atoms with E-state index in [4.69, 9.17) is 14.6 Å². The van der Waals surface area contributed by atoms with Gasteiger partial charge in [-0.25, -0.2) is 13.6 Å². The number of rotatable bonds is 10. The molecule has 0 unspecified atom stereocenters. The van der Waals surface area contributed by atoms with Gasteiger partial charge in [-0.05, 0) is 49.7 Å². The number of Topliss-reactive ketones (excluding diaryl/α,β-unsaturated/α-hetero) is 1. The van der Waals surface area contributed by atoms with Crippen LogP contribution in [-0.4, -0.2) is 66.0 Å². The summed E-state index contributed by atoms with van der Waals surface area (Å²) in [4.78, 5) is 17.1. The number of carbonyl (C=O) groups excluding carboxylic acids is 1. The molecule has 3 rings (SSSR count). The summed E-state index contributed by atoms with van der Waals surface area (Å²) >= 11 is 0. The Bertz CT molecular complexity index is 1030. The summed E-state index contributed by atoms with van der Waals surface area (Å²) in [5, 5.41) is 5.23. The lowest BCUT2D eigenvalue weighted by Gasteiger charge is -2.36. The fourth-order valence-corrected chi connectivity index (χ4v) is 4.66. The molecule has 2 N–H and O–H groups in total. The minimum atomic E-state index is -3.97. The molecule has 174 valence electrons. The van der Waals surface area contributed by atoms with E-state index in [2.05, 4.69) is 15.9 Å². The smallest absolute Gasteiger partial charge is 0.241 e. The molecule has 1 fully saturated rings. The zero-order valence-corrected chi connectivity index (χ0v) is 19.4. The summed E-state index contributed by atoms with van der Waals surface area (Å²) in [6.07, 6.45) is 2.00. The number of ether oxygens (including phenoxy) is 2. The first-order valence-corrected chi connectivity index (χ1v) is 12.2. The number of piperazine rings is 1. The molecule has 0 spiro atoms. The molecule has 0 amide bonds. The number of methoxy groups -OCH3 is 2. The molecule has 2 aromatic rings. The molecule has 0 aromatic heterocycles. The van der Waals surface area contributed by atoms with Gasteiger partial charge >= 0.3 is 0 Å². The van der Waals surface area contributed by atoms with Gasteiger partial charge < -0.3 is 14.4 Å². The Labute approximate surface area is 190 Å². The van der Waals surface area contributed by atoms with E-state index in [1.807, 2.05) is 18.2 Å². The van der Waals surface area contributed by atoms with Crippen molar-refractivity contribution in [3.8, 4) is 11.5 Å². The fourth-order valence-electron chi connectivity index (χ4n) is 3.94. The van der Waals surface area contributed by atoms with Crippen molar-refractivity contribution in [2.75, 3.05) is 51.8 Å². The van der Waals surface area contributed by atoms with E-state index in [1.54, 1.807) is 13.2 Å². The molecule has 8 nitrogen and oxygen atoms in total. The number of sulfonamides is 1. The lowest BCUT2D eigenvalue weighted by atomic mass is 10.1. The van der Waals surface area contributed by atoms with Crippen LogP contribution in [0, 0.1) is 0 Å². The van der Waals surface area contributed by atoms with E-state index in [0.717, 1.165) is 57.0 Å². The highest BCUT2D eigenvalue weighted by molar-refractivity contribution is 7.89. The SMILES string of the molecule is COc1ccccc1N1CCN(CCCCC(=O)c2ccc(OC)c(S(N)(=O)=O)c2)CC1. The largest absolute Gasteiger partial charge is 0.495 e. The van der Waals surface area contributed by atoms with Gasteiger partial charge in [0.05, 0.1) is 19.9 Å². The first-order chi connectivity index (χ1) is 15.3. The van der Waals surface area contributed by atoms with Gasteiger partial charge in [-0.2, -0.15) is 0 Å². The average Bonchev–Trinajstić information content (AvgIpc) is 2.81. The highest BCUT2D eigenvalue weighted by Gasteiger charge is 2.20. The molecule has 32 heavy (non-hydrogen) atoms. The van der Waals surface area contributed by atoms with Crippen molar-refractivity contribution < 1.29 is 22.7 Å². The maximum atomic E-state index is 12.5. The number of ketones is 1.